The first-order valence-electron chi connectivity index (χ1n) is 4.25. The molecule has 15 heavy (non-hydrogen) atoms. The summed E-state index contributed by atoms with van der Waals surface area (Å²) in [4.78, 5) is 11.2. The van der Waals surface area contributed by atoms with Crippen LogP contribution in [-0.4, -0.2) is 6.29 Å². The normalized spacial score (nSPS) is 10.3. The van der Waals surface area contributed by atoms with Crippen molar-refractivity contribution in [3.63, 3.8) is 0 Å². The monoisotopic (exact) mass is 238 g/mol. The Morgan fingerprint density at radius 3 is 2.67 bits per heavy atom. The predicted octanol–water partition coefficient (Wildman–Crippen LogP) is 3.70. The van der Waals surface area contributed by atoms with Gasteiger partial charge in [0.05, 0.1) is 5.02 Å². The van der Waals surface area contributed by atoms with E-state index < -0.39 is 0 Å². The Labute approximate surface area is 97.3 Å². The molecule has 1 heterocycles. The van der Waals surface area contributed by atoms with E-state index in [0.29, 0.717) is 27.5 Å². The van der Waals surface area contributed by atoms with Crippen LogP contribution in [0.3, 0.4) is 0 Å². The largest absolute Gasteiger partial charge is 0.453 e. The molecule has 0 N–H and O–H groups in total. The van der Waals surface area contributed by atoms with E-state index in [0.717, 1.165) is 0 Å². The maximum atomic E-state index is 10.5. The van der Waals surface area contributed by atoms with E-state index in [-0.39, 0.29) is 5.76 Å². The Morgan fingerprint density at radius 2 is 2.07 bits per heavy atom. The molecular formula is C11H7ClO2S. The van der Waals surface area contributed by atoms with E-state index in [1.54, 1.807) is 24.3 Å². The molecule has 0 unspecified atom stereocenters. The molecule has 0 aliphatic heterocycles. The quantitative estimate of drug-likeness (QED) is 0.639. The first-order chi connectivity index (χ1) is 7.22. The second kappa shape index (κ2) is 4.13. The van der Waals surface area contributed by atoms with Crippen LogP contribution >= 0.6 is 24.2 Å². The first kappa shape index (κ1) is 10.3. The van der Waals surface area contributed by atoms with Gasteiger partial charge in [-0.2, -0.15) is 0 Å². The van der Waals surface area contributed by atoms with Crippen molar-refractivity contribution in [2.24, 2.45) is 0 Å². The smallest absolute Gasteiger partial charge is 0.185 e. The lowest BCUT2D eigenvalue weighted by Gasteiger charge is -2.03. The third-order valence-electron chi connectivity index (χ3n) is 1.98. The summed E-state index contributed by atoms with van der Waals surface area (Å²) in [5.74, 6) is 0.824. The van der Waals surface area contributed by atoms with Gasteiger partial charge < -0.3 is 4.42 Å². The van der Waals surface area contributed by atoms with Crippen LogP contribution < -0.4 is 0 Å². The van der Waals surface area contributed by atoms with Crippen molar-refractivity contribution >= 4 is 30.5 Å². The highest BCUT2D eigenvalue weighted by Gasteiger charge is 2.11. The molecule has 0 saturated heterocycles. The molecule has 2 rings (SSSR count). The van der Waals surface area contributed by atoms with E-state index in [1.165, 1.54) is 0 Å². The molecule has 76 valence electrons. The van der Waals surface area contributed by atoms with Gasteiger partial charge in [0, 0.05) is 10.5 Å². The fourth-order valence-corrected chi connectivity index (χ4v) is 1.96. The molecule has 2 aromatic rings. The van der Waals surface area contributed by atoms with Crippen molar-refractivity contribution in [1.29, 1.82) is 0 Å². The number of thiol groups is 1. The van der Waals surface area contributed by atoms with Crippen molar-refractivity contribution in [1.82, 2.24) is 0 Å². The number of hydrogen-bond donors (Lipinski definition) is 1. The number of furan rings is 1. The Morgan fingerprint density at radius 1 is 1.27 bits per heavy atom. The molecule has 0 bridgehead atoms. The van der Waals surface area contributed by atoms with Crippen molar-refractivity contribution in [3.8, 4) is 11.3 Å². The molecule has 1 aromatic carbocycles. The van der Waals surface area contributed by atoms with Gasteiger partial charge in [0.25, 0.3) is 0 Å². The van der Waals surface area contributed by atoms with Gasteiger partial charge in [0.1, 0.15) is 5.76 Å². The van der Waals surface area contributed by atoms with Crippen molar-refractivity contribution < 1.29 is 9.21 Å². The maximum absolute atomic E-state index is 10.5. The van der Waals surface area contributed by atoms with Crippen LogP contribution in [0.25, 0.3) is 11.3 Å². The van der Waals surface area contributed by atoms with Crippen LogP contribution in [0.2, 0.25) is 5.02 Å². The molecular weight excluding hydrogens is 232 g/mol. The highest BCUT2D eigenvalue weighted by molar-refractivity contribution is 7.80. The van der Waals surface area contributed by atoms with Gasteiger partial charge in [0.2, 0.25) is 0 Å². The van der Waals surface area contributed by atoms with Crippen molar-refractivity contribution in [3.05, 3.63) is 41.1 Å². The number of benzene rings is 1. The fraction of sp³-hybridized carbons (Fsp3) is 0. The summed E-state index contributed by atoms with van der Waals surface area (Å²) in [5.41, 5.74) is 0.704. The van der Waals surface area contributed by atoms with Crippen LogP contribution in [0, 0.1) is 0 Å². The number of halogens is 1. The first-order valence-corrected chi connectivity index (χ1v) is 5.08. The molecule has 0 radical (unpaired) electrons. The van der Waals surface area contributed by atoms with Crippen LogP contribution in [-0.2, 0) is 0 Å². The number of hydrogen-bond acceptors (Lipinski definition) is 3. The van der Waals surface area contributed by atoms with Crippen molar-refractivity contribution in [2.75, 3.05) is 0 Å². The summed E-state index contributed by atoms with van der Waals surface area (Å²) in [6.07, 6.45) is 0.651. The number of rotatable bonds is 2. The molecule has 1 aromatic heterocycles. The molecule has 2 nitrogen and oxygen atoms in total. The number of carbonyl (C=O) groups excluding carboxylic acids is 1. The number of carbonyl (C=O) groups is 1. The third kappa shape index (κ3) is 1.94. The Bertz CT molecular complexity index is 485. The van der Waals surface area contributed by atoms with Crippen molar-refractivity contribution in [2.45, 2.75) is 4.90 Å². The van der Waals surface area contributed by atoms with E-state index in [9.17, 15) is 4.79 Å². The second-order valence-electron chi connectivity index (χ2n) is 2.95. The van der Waals surface area contributed by atoms with Crippen LogP contribution in [0.1, 0.15) is 10.6 Å². The van der Waals surface area contributed by atoms with Crippen LogP contribution in [0.15, 0.2) is 39.6 Å². The highest BCUT2D eigenvalue weighted by atomic mass is 35.5. The van der Waals surface area contributed by atoms with E-state index >= 15 is 0 Å². The molecule has 0 amide bonds. The Hall–Kier alpha value is -1.19. The van der Waals surface area contributed by atoms with Gasteiger partial charge in [-0.15, -0.1) is 12.6 Å². The van der Waals surface area contributed by atoms with E-state index in [1.807, 2.05) is 6.07 Å². The molecule has 4 heteroatoms. The molecule has 0 aliphatic rings. The van der Waals surface area contributed by atoms with Crippen LogP contribution in [0.5, 0.6) is 0 Å². The summed E-state index contributed by atoms with van der Waals surface area (Å²) in [5, 5.41) is 0.550. The molecule has 0 aliphatic carbocycles. The second-order valence-corrected chi connectivity index (χ2v) is 3.84. The molecule has 0 saturated carbocycles. The summed E-state index contributed by atoms with van der Waals surface area (Å²) in [7, 11) is 0. The minimum absolute atomic E-state index is 0.276. The lowest BCUT2D eigenvalue weighted by atomic mass is 10.2. The minimum Gasteiger partial charge on any atom is -0.453 e. The third-order valence-corrected chi connectivity index (χ3v) is 2.67. The Kier molecular flexibility index (Phi) is 2.84. The van der Waals surface area contributed by atoms with Gasteiger partial charge in [-0.1, -0.05) is 17.7 Å². The molecule has 0 spiro atoms. The summed E-state index contributed by atoms with van der Waals surface area (Å²) >= 11 is 10.3. The zero-order valence-corrected chi connectivity index (χ0v) is 9.26. The topological polar surface area (TPSA) is 30.2 Å². The maximum Gasteiger partial charge on any atom is 0.185 e. The fourth-order valence-electron chi connectivity index (χ4n) is 1.31. The van der Waals surface area contributed by atoms with Gasteiger partial charge in [-0.3, -0.25) is 4.79 Å². The SMILES string of the molecule is O=Cc1ccc(-c2c(S)cccc2Cl)o1. The molecule has 0 atom stereocenters. The van der Waals surface area contributed by atoms with Gasteiger partial charge >= 0.3 is 0 Å². The Balaban J connectivity index is 2.58. The zero-order chi connectivity index (χ0) is 10.8. The summed E-state index contributed by atoms with van der Waals surface area (Å²) < 4.78 is 5.28. The van der Waals surface area contributed by atoms with Gasteiger partial charge in [0.15, 0.2) is 12.0 Å². The average molecular weight is 239 g/mol. The lowest BCUT2D eigenvalue weighted by molar-refractivity contribution is 0.110. The summed E-state index contributed by atoms with van der Waals surface area (Å²) in [6.45, 7) is 0. The average Bonchev–Trinajstić information content (AvgIpc) is 2.66. The van der Waals surface area contributed by atoms with Gasteiger partial charge in [-0.05, 0) is 24.3 Å². The van der Waals surface area contributed by atoms with Gasteiger partial charge in [-0.25, -0.2) is 0 Å². The van der Waals surface area contributed by atoms with E-state index in [4.69, 9.17) is 16.0 Å². The number of aldehydes is 1. The lowest BCUT2D eigenvalue weighted by Crippen LogP contribution is -1.79. The highest BCUT2D eigenvalue weighted by Crippen LogP contribution is 2.34. The van der Waals surface area contributed by atoms with Crippen LogP contribution in [0.4, 0.5) is 0 Å². The zero-order valence-electron chi connectivity index (χ0n) is 7.61. The minimum atomic E-state index is 0.276. The standard InChI is InChI=1S/C11H7ClO2S/c12-8-2-1-3-10(15)11(8)9-5-4-7(6-13)14-9/h1-6,15H. The summed E-state index contributed by atoms with van der Waals surface area (Å²) in [6, 6.07) is 8.66. The van der Waals surface area contributed by atoms with E-state index in [2.05, 4.69) is 12.6 Å². The molecule has 0 fully saturated rings. The predicted molar refractivity (Wildman–Crippen MR) is 61.8 cm³/mol.